The topological polar surface area (TPSA) is 34.4 Å². The third kappa shape index (κ3) is 2.67. The van der Waals surface area contributed by atoms with E-state index in [1.54, 1.807) is 24.3 Å². The Morgan fingerprint density at radius 2 is 1.82 bits per heavy atom. The number of para-hydroxylation sites is 1. The number of benzene rings is 2. The lowest BCUT2D eigenvalue weighted by atomic mass is 10.1. The van der Waals surface area contributed by atoms with Crippen LogP contribution in [-0.2, 0) is 6.61 Å². The minimum Gasteiger partial charge on any atom is -0.508 e. The first kappa shape index (κ1) is 14.5. The first-order chi connectivity index (χ1) is 10.6. The van der Waals surface area contributed by atoms with Gasteiger partial charge in [0.15, 0.2) is 0 Å². The zero-order valence-electron chi connectivity index (χ0n) is 13.2. The number of ether oxygens (including phenoxy) is 1. The standard InChI is InChI=1S/C19H21NO2/c1-13(2)20-16(11-15-6-4-5-14(3)19(15)20)12-22-18-9-7-17(21)8-10-18/h4-11,13,21H,12H2,1-3H3. The van der Waals surface area contributed by atoms with Gasteiger partial charge in [-0.05, 0) is 56.7 Å². The summed E-state index contributed by atoms with van der Waals surface area (Å²) >= 11 is 0. The predicted molar refractivity (Wildman–Crippen MR) is 89.5 cm³/mol. The van der Waals surface area contributed by atoms with E-state index in [1.165, 1.54) is 16.5 Å². The molecule has 3 nitrogen and oxygen atoms in total. The third-order valence-corrected chi connectivity index (χ3v) is 3.88. The minimum atomic E-state index is 0.249. The molecule has 0 aliphatic rings. The number of fused-ring (bicyclic) bond motifs is 1. The first-order valence-electron chi connectivity index (χ1n) is 7.57. The molecule has 0 unspecified atom stereocenters. The normalized spacial score (nSPS) is 11.3. The highest BCUT2D eigenvalue weighted by Gasteiger charge is 2.13. The summed E-state index contributed by atoms with van der Waals surface area (Å²) in [6, 6.07) is 15.8. The largest absolute Gasteiger partial charge is 0.508 e. The molecule has 0 aliphatic heterocycles. The molecule has 0 atom stereocenters. The quantitative estimate of drug-likeness (QED) is 0.749. The van der Waals surface area contributed by atoms with Crippen LogP contribution in [0, 0.1) is 6.92 Å². The molecule has 0 amide bonds. The van der Waals surface area contributed by atoms with Crippen molar-refractivity contribution < 1.29 is 9.84 Å². The Hall–Kier alpha value is -2.42. The number of nitrogens with zero attached hydrogens (tertiary/aromatic N) is 1. The van der Waals surface area contributed by atoms with Crippen molar-refractivity contribution in [2.45, 2.75) is 33.4 Å². The molecule has 0 aliphatic carbocycles. The number of phenols is 1. The van der Waals surface area contributed by atoms with Crippen molar-refractivity contribution in [1.29, 1.82) is 0 Å². The molecule has 114 valence electrons. The first-order valence-corrected chi connectivity index (χ1v) is 7.57. The van der Waals surface area contributed by atoms with Crippen LogP contribution in [0.15, 0.2) is 48.5 Å². The molecule has 0 saturated carbocycles. The van der Waals surface area contributed by atoms with Gasteiger partial charge in [0.25, 0.3) is 0 Å². The lowest BCUT2D eigenvalue weighted by molar-refractivity contribution is 0.292. The number of aryl methyl sites for hydroxylation is 1. The van der Waals surface area contributed by atoms with Crippen molar-refractivity contribution in [2.24, 2.45) is 0 Å². The van der Waals surface area contributed by atoms with E-state index in [9.17, 15) is 5.11 Å². The Balaban J connectivity index is 1.94. The van der Waals surface area contributed by atoms with Gasteiger partial charge in [0.1, 0.15) is 18.1 Å². The molecule has 1 N–H and O–H groups in total. The van der Waals surface area contributed by atoms with Gasteiger partial charge < -0.3 is 14.4 Å². The maximum Gasteiger partial charge on any atom is 0.128 e. The van der Waals surface area contributed by atoms with Crippen LogP contribution in [0.4, 0.5) is 0 Å². The van der Waals surface area contributed by atoms with Crippen molar-refractivity contribution in [3.63, 3.8) is 0 Å². The molecule has 1 heterocycles. The Morgan fingerprint density at radius 1 is 1.09 bits per heavy atom. The summed E-state index contributed by atoms with van der Waals surface area (Å²) in [5, 5.41) is 10.6. The fraction of sp³-hybridized carbons (Fsp3) is 0.263. The molecule has 3 heteroatoms. The Bertz CT molecular complexity index is 785. The van der Waals surface area contributed by atoms with Crippen molar-refractivity contribution in [2.75, 3.05) is 0 Å². The molecule has 0 saturated heterocycles. The van der Waals surface area contributed by atoms with Gasteiger partial charge in [-0.25, -0.2) is 0 Å². The van der Waals surface area contributed by atoms with Crippen molar-refractivity contribution in [3.05, 3.63) is 59.8 Å². The van der Waals surface area contributed by atoms with E-state index < -0.39 is 0 Å². The second kappa shape index (κ2) is 5.76. The molecule has 3 aromatic rings. The van der Waals surface area contributed by atoms with Crippen LogP contribution in [0.5, 0.6) is 11.5 Å². The van der Waals surface area contributed by atoms with Crippen LogP contribution < -0.4 is 4.74 Å². The minimum absolute atomic E-state index is 0.249. The lowest BCUT2D eigenvalue weighted by Gasteiger charge is -2.16. The SMILES string of the molecule is Cc1cccc2cc(COc3ccc(O)cc3)n(C(C)C)c12. The van der Waals surface area contributed by atoms with E-state index in [0.29, 0.717) is 12.6 Å². The third-order valence-electron chi connectivity index (χ3n) is 3.88. The molecule has 0 fully saturated rings. The van der Waals surface area contributed by atoms with E-state index in [4.69, 9.17) is 4.74 Å². The second-order valence-electron chi connectivity index (χ2n) is 5.89. The van der Waals surface area contributed by atoms with Gasteiger partial charge in [0.05, 0.1) is 11.2 Å². The second-order valence-corrected chi connectivity index (χ2v) is 5.89. The molecule has 0 radical (unpaired) electrons. The van der Waals surface area contributed by atoms with Gasteiger partial charge >= 0.3 is 0 Å². The van der Waals surface area contributed by atoms with Crippen molar-refractivity contribution >= 4 is 10.9 Å². The van der Waals surface area contributed by atoms with Crippen LogP contribution in [0.25, 0.3) is 10.9 Å². The van der Waals surface area contributed by atoms with E-state index in [0.717, 1.165) is 11.4 Å². The van der Waals surface area contributed by atoms with E-state index >= 15 is 0 Å². The van der Waals surface area contributed by atoms with Gasteiger partial charge in [0.2, 0.25) is 0 Å². The Labute approximate surface area is 130 Å². The summed E-state index contributed by atoms with van der Waals surface area (Å²) < 4.78 is 8.21. The van der Waals surface area contributed by atoms with Gasteiger partial charge in [-0.1, -0.05) is 18.2 Å². The van der Waals surface area contributed by atoms with Gasteiger partial charge in [-0.3, -0.25) is 0 Å². The number of aromatic hydroxyl groups is 1. The molecule has 22 heavy (non-hydrogen) atoms. The summed E-state index contributed by atoms with van der Waals surface area (Å²) in [5.41, 5.74) is 3.72. The highest BCUT2D eigenvalue weighted by Crippen LogP contribution is 2.28. The molecule has 0 spiro atoms. The Morgan fingerprint density at radius 3 is 2.50 bits per heavy atom. The molecular weight excluding hydrogens is 274 g/mol. The summed E-state index contributed by atoms with van der Waals surface area (Å²) in [7, 11) is 0. The zero-order valence-corrected chi connectivity index (χ0v) is 13.2. The van der Waals surface area contributed by atoms with Crippen LogP contribution >= 0.6 is 0 Å². The predicted octanol–water partition coefficient (Wildman–Crippen LogP) is 4.82. The Kier molecular flexibility index (Phi) is 3.80. The summed E-state index contributed by atoms with van der Waals surface area (Å²) in [6.07, 6.45) is 0. The van der Waals surface area contributed by atoms with E-state index in [1.807, 2.05) is 0 Å². The number of hydrogen-bond donors (Lipinski definition) is 1. The summed E-state index contributed by atoms with van der Waals surface area (Å²) in [6.45, 7) is 7.04. The highest BCUT2D eigenvalue weighted by molar-refractivity contribution is 5.84. The zero-order chi connectivity index (χ0) is 15.7. The number of phenolic OH excluding ortho intramolecular Hbond substituents is 1. The maximum atomic E-state index is 9.32. The summed E-state index contributed by atoms with van der Waals surface area (Å²) in [4.78, 5) is 0. The van der Waals surface area contributed by atoms with Crippen LogP contribution in [0.3, 0.4) is 0 Å². The van der Waals surface area contributed by atoms with Gasteiger partial charge in [-0.15, -0.1) is 0 Å². The van der Waals surface area contributed by atoms with Crippen molar-refractivity contribution in [3.8, 4) is 11.5 Å². The number of rotatable bonds is 4. The molecule has 1 aromatic heterocycles. The van der Waals surface area contributed by atoms with Gasteiger partial charge in [-0.2, -0.15) is 0 Å². The fourth-order valence-corrected chi connectivity index (χ4v) is 2.92. The van der Waals surface area contributed by atoms with E-state index in [2.05, 4.69) is 49.6 Å². The average Bonchev–Trinajstić information content (AvgIpc) is 2.87. The van der Waals surface area contributed by atoms with Gasteiger partial charge in [0, 0.05) is 11.4 Å². The average molecular weight is 295 g/mol. The number of hydrogen-bond acceptors (Lipinski definition) is 2. The summed E-state index contributed by atoms with van der Waals surface area (Å²) in [5.74, 6) is 1.01. The van der Waals surface area contributed by atoms with E-state index in [-0.39, 0.29) is 5.75 Å². The van der Waals surface area contributed by atoms with Crippen LogP contribution in [0.1, 0.15) is 31.1 Å². The fourth-order valence-electron chi connectivity index (χ4n) is 2.92. The number of aromatic nitrogens is 1. The molecular formula is C19H21NO2. The molecule has 2 aromatic carbocycles. The molecule has 0 bridgehead atoms. The van der Waals surface area contributed by atoms with Crippen molar-refractivity contribution in [1.82, 2.24) is 4.57 Å². The van der Waals surface area contributed by atoms with Crippen LogP contribution in [0.2, 0.25) is 0 Å². The lowest BCUT2D eigenvalue weighted by Crippen LogP contribution is -2.08. The highest BCUT2D eigenvalue weighted by atomic mass is 16.5. The van der Waals surface area contributed by atoms with Crippen LogP contribution in [-0.4, -0.2) is 9.67 Å². The monoisotopic (exact) mass is 295 g/mol. The maximum absolute atomic E-state index is 9.32. The molecule has 3 rings (SSSR count). The smallest absolute Gasteiger partial charge is 0.128 e.